The normalized spacial score (nSPS) is 20.4. The van der Waals surface area contributed by atoms with Gasteiger partial charge in [0, 0.05) is 22.5 Å². The van der Waals surface area contributed by atoms with Crippen molar-refractivity contribution >= 4 is 35.3 Å². The highest BCUT2D eigenvalue weighted by Gasteiger charge is 2.37. The number of halogens is 2. The highest BCUT2D eigenvalue weighted by Crippen LogP contribution is 2.27. The number of amides is 1. The van der Waals surface area contributed by atoms with Crippen LogP contribution in [0.1, 0.15) is 25.8 Å². The second-order valence-corrected chi connectivity index (χ2v) is 6.30. The van der Waals surface area contributed by atoms with Crippen molar-refractivity contribution in [3.8, 4) is 0 Å². The average Bonchev–Trinajstić information content (AvgIpc) is 2.83. The van der Waals surface area contributed by atoms with Crippen LogP contribution in [0.15, 0.2) is 18.2 Å². The molecular weight excluding hydrogens is 341 g/mol. The Kier molecular flexibility index (Phi) is 6.13. The molecule has 0 saturated carbocycles. The van der Waals surface area contributed by atoms with Gasteiger partial charge in [-0.2, -0.15) is 0 Å². The number of carbonyl (C=O) groups is 2. The molecule has 2 atom stereocenters. The predicted molar refractivity (Wildman–Crippen MR) is 87.6 cm³/mol. The van der Waals surface area contributed by atoms with Crippen LogP contribution in [0.4, 0.5) is 4.79 Å². The van der Waals surface area contributed by atoms with E-state index in [1.54, 1.807) is 30.0 Å². The number of hydrogen-bond donors (Lipinski definition) is 0. The van der Waals surface area contributed by atoms with E-state index in [0.717, 1.165) is 6.42 Å². The van der Waals surface area contributed by atoms with Gasteiger partial charge >= 0.3 is 6.16 Å². The molecule has 0 spiro atoms. The molecule has 1 aliphatic rings. The highest BCUT2D eigenvalue weighted by molar-refractivity contribution is 6.35. The molecule has 2 rings (SSSR count). The second kappa shape index (κ2) is 7.88. The molecule has 23 heavy (non-hydrogen) atoms. The van der Waals surface area contributed by atoms with Crippen molar-refractivity contribution in [2.24, 2.45) is 5.92 Å². The maximum atomic E-state index is 12.5. The van der Waals surface area contributed by atoms with Gasteiger partial charge in [0.2, 0.25) is 5.91 Å². The van der Waals surface area contributed by atoms with Gasteiger partial charge in [-0.25, -0.2) is 4.79 Å². The molecule has 1 fully saturated rings. The van der Waals surface area contributed by atoms with E-state index in [1.807, 2.05) is 6.92 Å². The summed E-state index contributed by atoms with van der Waals surface area (Å²) in [6.45, 7) is 4.40. The minimum Gasteiger partial charge on any atom is -0.435 e. The van der Waals surface area contributed by atoms with Gasteiger partial charge in [0.25, 0.3) is 0 Å². The van der Waals surface area contributed by atoms with Crippen LogP contribution >= 0.6 is 23.2 Å². The summed E-state index contributed by atoms with van der Waals surface area (Å²) in [7, 11) is 0. The fraction of sp³-hybridized carbons (Fsp3) is 0.500. The van der Waals surface area contributed by atoms with Crippen LogP contribution in [0.2, 0.25) is 10.0 Å². The van der Waals surface area contributed by atoms with E-state index in [9.17, 15) is 9.59 Å². The standard InChI is InChI=1S/C16H19Cl2NO4/c1-3-22-16(21)23-15-10(2)6-7-19(15)14(20)8-11-4-5-12(17)9-13(11)18/h4-5,9-10,15H,3,6-8H2,1-2H3. The summed E-state index contributed by atoms with van der Waals surface area (Å²) in [6.07, 6.45) is -0.462. The molecule has 1 aliphatic heterocycles. The average molecular weight is 360 g/mol. The lowest BCUT2D eigenvalue weighted by Gasteiger charge is -2.26. The van der Waals surface area contributed by atoms with Gasteiger partial charge in [-0.3, -0.25) is 4.79 Å². The summed E-state index contributed by atoms with van der Waals surface area (Å²) in [6, 6.07) is 5.02. The van der Waals surface area contributed by atoms with E-state index >= 15 is 0 Å². The second-order valence-electron chi connectivity index (χ2n) is 5.46. The third kappa shape index (κ3) is 4.52. The molecular formula is C16H19Cl2NO4. The zero-order valence-corrected chi connectivity index (χ0v) is 14.6. The third-order valence-corrected chi connectivity index (χ3v) is 4.36. The van der Waals surface area contributed by atoms with Crippen LogP contribution in [0.25, 0.3) is 0 Å². The number of nitrogens with zero attached hydrogens (tertiary/aromatic N) is 1. The smallest absolute Gasteiger partial charge is 0.435 e. The minimum atomic E-state index is -0.756. The molecule has 0 N–H and O–H groups in total. The SMILES string of the molecule is CCOC(=O)OC1C(C)CCN1C(=O)Cc1ccc(Cl)cc1Cl. The van der Waals surface area contributed by atoms with E-state index in [1.165, 1.54) is 0 Å². The number of benzene rings is 1. The Morgan fingerprint density at radius 3 is 2.74 bits per heavy atom. The molecule has 0 radical (unpaired) electrons. The van der Waals surface area contributed by atoms with Crippen molar-refractivity contribution in [2.75, 3.05) is 13.2 Å². The summed E-state index contributed by atoms with van der Waals surface area (Å²) in [5.74, 6) is -0.0862. The van der Waals surface area contributed by atoms with Gasteiger partial charge in [-0.1, -0.05) is 36.2 Å². The summed E-state index contributed by atoms with van der Waals surface area (Å²) in [4.78, 5) is 25.7. The number of hydrogen-bond acceptors (Lipinski definition) is 4. The van der Waals surface area contributed by atoms with Crippen LogP contribution in [0, 0.1) is 5.92 Å². The van der Waals surface area contributed by atoms with Crippen molar-refractivity contribution in [3.63, 3.8) is 0 Å². The Morgan fingerprint density at radius 1 is 1.35 bits per heavy atom. The minimum absolute atomic E-state index is 0.0593. The van der Waals surface area contributed by atoms with Crippen LogP contribution in [-0.4, -0.2) is 36.3 Å². The first-order chi connectivity index (χ1) is 10.9. The van der Waals surface area contributed by atoms with Crippen molar-refractivity contribution in [3.05, 3.63) is 33.8 Å². The monoisotopic (exact) mass is 359 g/mol. The van der Waals surface area contributed by atoms with E-state index in [4.69, 9.17) is 32.7 Å². The molecule has 126 valence electrons. The molecule has 1 amide bonds. The van der Waals surface area contributed by atoms with Gasteiger partial charge in [0.05, 0.1) is 13.0 Å². The Morgan fingerprint density at radius 2 is 2.09 bits per heavy atom. The molecule has 2 unspecified atom stereocenters. The Labute approximate surface area is 145 Å². The Balaban J connectivity index is 2.06. The van der Waals surface area contributed by atoms with Crippen molar-refractivity contribution in [1.29, 1.82) is 0 Å². The topological polar surface area (TPSA) is 55.8 Å². The molecule has 1 aromatic rings. The fourth-order valence-electron chi connectivity index (χ4n) is 2.55. The van der Waals surface area contributed by atoms with Crippen LogP contribution < -0.4 is 0 Å². The Hall–Kier alpha value is -1.46. The van der Waals surface area contributed by atoms with E-state index in [0.29, 0.717) is 22.2 Å². The lowest BCUT2D eigenvalue weighted by molar-refractivity contribution is -0.140. The summed E-state index contributed by atoms with van der Waals surface area (Å²) in [5, 5.41) is 0.963. The first-order valence-electron chi connectivity index (χ1n) is 7.49. The summed E-state index contributed by atoms with van der Waals surface area (Å²) < 4.78 is 10.1. The third-order valence-electron chi connectivity index (χ3n) is 3.78. The number of ether oxygens (including phenoxy) is 2. The van der Waals surface area contributed by atoms with Crippen molar-refractivity contribution in [2.45, 2.75) is 32.9 Å². The molecule has 0 bridgehead atoms. The van der Waals surface area contributed by atoms with Gasteiger partial charge in [0.1, 0.15) is 0 Å². The van der Waals surface area contributed by atoms with Crippen LogP contribution in [0.3, 0.4) is 0 Å². The van der Waals surface area contributed by atoms with Gasteiger partial charge in [0.15, 0.2) is 6.23 Å². The summed E-state index contributed by atoms with van der Waals surface area (Å²) in [5.41, 5.74) is 0.690. The zero-order valence-electron chi connectivity index (χ0n) is 13.1. The maximum absolute atomic E-state index is 12.5. The first kappa shape index (κ1) is 17.9. The number of likely N-dealkylation sites (tertiary alicyclic amines) is 1. The molecule has 0 aliphatic carbocycles. The largest absolute Gasteiger partial charge is 0.510 e. The first-order valence-corrected chi connectivity index (χ1v) is 8.24. The van der Waals surface area contributed by atoms with E-state index < -0.39 is 12.4 Å². The van der Waals surface area contributed by atoms with E-state index in [2.05, 4.69) is 0 Å². The Bertz CT molecular complexity index is 593. The maximum Gasteiger partial charge on any atom is 0.510 e. The van der Waals surface area contributed by atoms with E-state index in [-0.39, 0.29) is 24.9 Å². The molecule has 1 saturated heterocycles. The lowest BCUT2D eigenvalue weighted by atomic mass is 10.1. The van der Waals surface area contributed by atoms with Crippen molar-refractivity contribution < 1.29 is 19.1 Å². The number of rotatable bonds is 4. The number of carbonyl (C=O) groups excluding carboxylic acids is 2. The zero-order chi connectivity index (χ0) is 17.0. The van der Waals surface area contributed by atoms with Crippen molar-refractivity contribution in [1.82, 2.24) is 4.90 Å². The molecule has 0 aromatic heterocycles. The lowest BCUT2D eigenvalue weighted by Crippen LogP contribution is -2.41. The van der Waals surface area contributed by atoms with Crippen LogP contribution in [-0.2, 0) is 20.7 Å². The molecule has 5 nitrogen and oxygen atoms in total. The fourth-order valence-corrected chi connectivity index (χ4v) is 3.02. The van der Waals surface area contributed by atoms with Gasteiger partial charge in [-0.15, -0.1) is 0 Å². The molecule has 1 heterocycles. The molecule has 7 heteroatoms. The summed E-state index contributed by atoms with van der Waals surface area (Å²) >= 11 is 12.0. The van der Waals surface area contributed by atoms with Gasteiger partial charge < -0.3 is 14.4 Å². The van der Waals surface area contributed by atoms with Gasteiger partial charge in [-0.05, 0) is 31.0 Å². The highest BCUT2D eigenvalue weighted by atomic mass is 35.5. The quantitative estimate of drug-likeness (QED) is 0.764. The predicted octanol–water partition coefficient (Wildman–Crippen LogP) is 3.90. The molecule has 1 aromatic carbocycles. The van der Waals surface area contributed by atoms with Crippen LogP contribution in [0.5, 0.6) is 0 Å².